The highest BCUT2D eigenvalue weighted by molar-refractivity contribution is 6.09. The SMILES string of the molecule is Nc1cc(N2Cc3nn(-c4ccc(N5CCCC5)nc4)cc3C2=O)ccc1F. The van der Waals surface area contributed by atoms with Crippen LogP contribution in [0.15, 0.2) is 42.7 Å². The molecule has 3 aromatic rings. The summed E-state index contributed by atoms with van der Waals surface area (Å²) in [7, 11) is 0. The molecule has 1 fully saturated rings. The first-order valence-electron chi connectivity index (χ1n) is 9.27. The van der Waals surface area contributed by atoms with Crippen molar-refractivity contribution >= 4 is 23.1 Å². The number of benzene rings is 1. The molecule has 0 radical (unpaired) electrons. The second-order valence-electron chi connectivity index (χ2n) is 7.10. The number of pyridine rings is 1. The average molecular weight is 378 g/mol. The van der Waals surface area contributed by atoms with E-state index in [0.29, 0.717) is 23.5 Å². The number of hydrogen-bond donors (Lipinski definition) is 1. The summed E-state index contributed by atoms with van der Waals surface area (Å²) in [4.78, 5) is 21.1. The summed E-state index contributed by atoms with van der Waals surface area (Å²) in [6.45, 7) is 2.41. The summed E-state index contributed by atoms with van der Waals surface area (Å²) < 4.78 is 15.1. The van der Waals surface area contributed by atoms with E-state index < -0.39 is 5.82 Å². The Balaban J connectivity index is 1.38. The first kappa shape index (κ1) is 16.7. The number of nitrogens with two attached hydrogens (primary N) is 1. The molecule has 0 atom stereocenters. The van der Waals surface area contributed by atoms with Crippen LogP contribution in [0.2, 0.25) is 0 Å². The Morgan fingerprint density at radius 1 is 1.07 bits per heavy atom. The lowest BCUT2D eigenvalue weighted by Crippen LogP contribution is -2.24. The van der Waals surface area contributed by atoms with Crippen molar-refractivity contribution in [2.24, 2.45) is 0 Å². The molecule has 1 amide bonds. The normalized spacial score (nSPS) is 16.1. The monoisotopic (exact) mass is 378 g/mol. The van der Waals surface area contributed by atoms with E-state index in [1.807, 2.05) is 12.1 Å². The number of amides is 1. The second kappa shape index (κ2) is 6.33. The molecule has 28 heavy (non-hydrogen) atoms. The maximum Gasteiger partial charge on any atom is 0.262 e. The van der Waals surface area contributed by atoms with E-state index in [-0.39, 0.29) is 11.6 Å². The van der Waals surface area contributed by atoms with Gasteiger partial charge in [-0.15, -0.1) is 0 Å². The van der Waals surface area contributed by atoms with Crippen LogP contribution in [0.4, 0.5) is 21.6 Å². The lowest BCUT2D eigenvalue weighted by Gasteiger charge is -2.17. The summed E-state index contributed by atoms with van der Waals surface area (Å²) in [6.07, 6.45) is 5.90. The third kappa shape index (κ3) is 2.69. The molecule has 7 nitrogen and oxygen atoms in total. The Morgan fingerprint density at radius 3 is 2.54 bits per heavy atom. The van der Waals surface area contributed by atoms with Crippen LogP contribution in [-0.2, 0) is 6.54 Å². The number of fused-ring (bicyclic) bond motifs is 1. The van der Waals surface area contributed by atoms with Crippen molar-refractivity contribution in [3.63, 3.8) is 0 Å². The molecule has 1 aromatic carbocycles. The molecular weight excluding hydrogens is 359 g/mol. The fourth-order valence-corrected chi connectivity index (χ4v) is 3.76. The first-order chi connectivity index (χ1) is 13.6. The highest BCUT2D eigenvalue weighted by Crippen LogP contribution is 2.30. The highest BCUT2D eigenvalue weighted by atomic mass is 19.1. The van der Waals surface area contributed by atoms with Crippen LogP contribution >= 0.6 is 0 Å². The predicted octanol–water partition coefficient (Wildman–Crippen LogP) is 2.75. The van der Waals surface area contributed by atoms with Gasteiger partial charge in [0, 0.05) is 25.0 Å². The van der Waals surface area contributed by atoms with E-state index in [1.54, 1.807) is 28.0 Å². The molecule has 2 N–H and O–H groups in total. The first-order valence-corrected chi connectivity index (χ1v) is 9.27. The molecule has 2 aliphatic heterocycles. The van der Waals surface area contributed by atoms with Crippen LogP contribution < -0.4 is 15.5 Å². The fraction of sp³-hybridized carbons (Fsp3) is 0.250. The minimum Gasteiger partial charge on any atom is -0.396 e. The Hall–Kier alpha value is -3.42. The molecule has 1 saturated heterocycles. The van der Waals surface area contributed by atoms with E-state index in [9.17, 15) is 9.18 Å². The van der Waals surface area contributed by atoms with Gasteiger partial charge in [0.15, 0.2) is 0 Å². The number of nitrogen functional groups attached to an aromatic ring is 1. The number of carbonyl (C=O) groups is 1. The Bertz CT molecular complexity index is 1060. The van der Waals surface area contributed by atoms with E-state index in [1.165, 1.54) is 25.0 Å². The number of hydrogen-bond acceptors (Lipinski definition) is 5. The van der Waals surface area contributed by atoms with Crippen molar-refractivity contribution < 1.29 is 9.18 Å². The van der Waals surface area contributed by atoms with Gasteiger partial charge in [-0.05, 0) is 43.2 Å². The maximum absolute atomic E-state index is 13.4. The van der Waals surface area contributed by atoms with Crippen molar-refractivity contribution in [1.82, 2.24) is 14.8 Å². The highest BCUT2D eigenvalue weighted by Gasteiger charge is 2.32. The minimum absolute atomic E-state index is 0.0177. The fourth-order valence-electron chi connectivity index (χ4n) is 3.76. The van der Waals surface area contributed by atoms with Crippen molar-refractivity contribution in [2.75, 3.05) is 28.6 Å². The smallest absolute Gasteiger partial charge is 0.262 e. The molecule has 8 heteroatoms. The maximum atomic E-state index is 13.4. The number of anilines is 3. The number of aromatic nitrogens is 3. The molecular formula is C20H19FN6O. The van der Waals surface area contributed by atoms with Gasteiger partial charge in [0.1, 0.15) is 11.6 Å². The van der Waals surface area contributed by atoms with Crippen LogP contribution in [0.25, 0.3) is 5.69 Å². The van der Waals surface area contributed by atoms with Gasteiger partial charge < -0.3 is 15.5 Å². The molecule has 0 spiro atoms. The zero-order valence-electron chi connectivity index (χ0n) is 15.2. The van der Waals surface area contributed by atoms with Gasteiger partial charge >= 0.3 is 0 Å². The summed E-state index contributed by atoms with van der Waals surface area (Å²) >= 11 is 0. The van der Waals surface area contributed by atoms with E-state index >= 15 is 0 Å². The van der Waals surface area contributed by atoms with E-state index in [0.717, 1.165) is 24.6 Å². The minimum atomic E-state index is -0.497. The number of rotatable bonds is 3. The molecule has 0 aliphatic carbocycles. The zero-order valence-corrected chi connectivity index (χ0v) is 15.2. The van der Waals surface area contributed by atoms with E-state index in [4.69, 9.17) is 5.73 Å². The quantitative estimate of drug-likeness (QED) is 0.709. The van der Waals surface area contributed by atoms with Gasteiger partial charge in [-0.25, -0.2) is 14.1 Å². The van der Waals surface area contributed by atoms with Crippen LogP contribution in [0.1, 0.15) is 28.9 Å². The van der Waals surface area contributed by atoms with Crippen molar-refractivity contribution in [3.8, 4) is 5.69 Å². The largest absolute Gasteiger partial charge is 0.396 e. The summed E-state index contributed by atoms with van der Waals surface area (Å²) in [5.41, 5.74) is 8.23. The topological polar surface area (TPSA) is 80.3 Å². The number of halogens is 1. The number of carbonyl (C=O) groups excluding carboxylic acids is 1. The van der Waals surface area contributed by atoms with Crippen LogP contribution in [0.3, 0.4) is 0 Å². The zero-order chi connectivity index (χ0) is 19.3. The van der Waals surface area contributed by atoms with Gasteiger partial charge in [-0.1, -0.05) is 0 Å². The van der Waals surface area contributed by atoms with Gasteiger partial charge in [-0.3, -0.25) is 4.79 Å². The van der Waals surface area contributed by atoms with Crippen molar-refractivity contribution in [2.45, 2.75) is 19.4 Å². The molecule has 4 heterocycles. The third-order valence-corrected chi connectivity index (χ3v) is 5.29. The Labute approximate surface area is 161 Å². The van der Waals surface area contributed by atoms with Gasteiger partial charge in [0.2, 0.25) is 0 Å². The van der Waals surface area contributed by atoms with Gasteiger partial charge in [-0.2, -0.15) is 5.10 Å². The molecule has 2 aliphatic rings. The van der Waals surface area contributed by atoms with Crippen LogP contribution in [0.5, 0.6) is 0 Å². The van der Waals surface area contributed by atoms with Gasteiger partial charge in [0.25, 0.3) is 5.91 Å². The molecule has 0 bridgehead atoms. The average Bonchev–Trinajstić information content (AvgIpc) is 3.43. The summed E-state index contributed by atoms with van der Waals surface area (Å²) in [5.74, 6) is 0.300. The molecule has 0 saturated carbocycles. The van der Waals surface area contributed by atoms with E-state index in [2.05, 4.69) is 15.0 Å². The lowest BCUT2D eigenvalue weighted by molar-refractivity contribution is 0.0996. The molecule has 142 valence electrons. The van der Waals surface area contributed by atoms with Crippen molar-refractivity contribution in [1.29, 1.82) is 0 Å². The standard InChI is InChI=1S/C20H19FN6O/c21-16-5-3-13(9-17(16)22)26-12-18-15(20(26)28)11-27(24-18)14-4-6-19(23-10-14)25-7-1-2-8-25/h3-6,9-11H,1-2,7-8,12,22H2. The van der Waals surface area contributed by atoms with Crippen LogP contribution in [0, 0.1) is 5.82 Å². The summed E-state index contributed by atoms with van der Waals surface area (Å²) in [6, 6.07) is 8.23. The Kier molecular flexibility index (Phi) is 3.78. The van der Waals surface area contributed by atoms with Gasteiger partial charge in [0.05, 0.1) is 35.4 Å². The second-order valence-corrected chi connectivity index (χ2v) is 7.10. The Morgan fingerprint density at radius 2 is 1.86 bits per heavy atom. The number of nitrogens with zero attached hydrogens (tertiary/aromatic N) is 5. The van der Waals surface area contributed by atoms with Crippen molar-refractivity contribution in [3.05, 3.63) is 59.8 Å². The third-order valence-electron chi connectivity index (χ3n) is 5.29. The molecule has 0 unspecified atom stereocenters. The predicted molar refractivity (Wildman–Crippen MR) is 104 cm³/mol. The molecule has 5 rings (SSSR count). The summed E-state index contributed by atoms with van der Waals surface area (Å²) in [5, 5.41) is 4.55. The molecule has 2 aromatic heterocycles. The van der Waals surface area contributed by atoms with Crippen LogP contribution in [-0.4, -0.2) is 33.8 Å². The lowest BCUT2D eigenvalue weighted by atomic mass is 10.2.